The highest BCUT2D eigenvalue weighted by Crippen LogP contribution is 2.26. The van der Waals surface area contributed by atoms with Crippen molar-refractivity contribution in [1.82, 2.24) is 0 Å². The van der Waals surface area contributed by atoms with Gasteiger partial charge < -0.3 is 6.42 Å². The van der Waals surface area contributed by atoms with Gasteiger partial charge in [0.05, 0.1) is 0 Å². The average Bonchev–Trinajstić information content (AvgIpc) is 1.62. The molecule has 0 rings (SSSR count). The normalized spacial score (nSPS) is 16.1. The van der Waals surface area contributed by atoms with E-state index in [1.807, 2.05) is 0 Å². The molecule has 0 nitrogen and oxygen atoms in total. The Labute approximate surface area is 53.3 Å². The quantitative estimate of drug-likeness (QED) is 0.459. The van der Waals surface area contributed by atoms with Crippen LogP contribution in [-0.2, 0) is 0 Å². The van der Waals surface area contributed by atoms with Crippen LogP contribution in [0, 0.1) is 17.8 Å². The van der Waals surface area contributed by atoms with E-state index in [1.165, 1.54) is 0 Å². The molecule has 0 aliphatic heterocycles. The molecule has 0 heterocycles. The third-order valence-corrected chi connectivity index (χ3v) is 1.87. The fraction of sp³-hybridized carbons (Fsp3) is 0.875. The second kappa shape index (κ2) is 2.52. The van der Waals surface area contributed by atoms with Gasteiger partial charge in [-0.25, -0.2) is 0 Å². The first kappa shape index (κ1) is 8.00. The molecule has 1 atom stereocenters. The van der Waals surface area contributed by atoms with E-state index in [9.17, 15) is 0 Å². The first-order valence-electron chi connectivity index (χ1n) is 3.28. The van der Waals surface area contributed by atoms with Crippen LogP contribution in [0.3, 0.4) is 0 Å². The lowest BCUT2D eigenvalue weighted by molar-refractivity contribution is 0.297. The molecule has 0 saturated heterocycles. The molecule has 0 aromatic carbocycles. The van der Waals surface area contributed by atoms with Gasteiger partial charge in [0.15, 0.2) is 0 Å². The van der Waals surface area contributed by atoms with E-state index in [2.05, 4.69) is 41.0 Å². The molecule has 50 valence electrons. The molecule has 0 spiro atoms. The van der Waals surface area contributed by atoms with Crippen LogP contribution in [0.25, 0.3) is 0 Å². The minimum atomic E-state index is 0.453. The number of hydrogen-bond acceptors (Lipinski definition) is 0. The van der Waals surface area contributed by atoms with Gasteiger partial charge in [-0.15, -0.1) is 0 Å². The molecule has 0 heteroatoms. The van der Waals surface area contributed by atoms with Crippen molar-refractivity contribution in [2.75, 3.05) is 0 Å². The van der Waals surface area contributed by atoms with Gasteiger partial charge in [-0.2, -0.15) is 12.8 Å². The van der Waals surface area contributed by atoms with Gasteiger partial charge in [0.1, 0.15) is 0 Å². The van der Waals surface area contributed by atoms with Gasteiger partial charge >= 0.3 is 0 Å². The highest BCUT2D eigenvalue weighted by molar-refractivity contribution is 4.78. The van der Waals surface area contributed by atoms with Crippen molar-refractivity contribution in [3.63, 3.8) is 0 Å². The zero-order valence-electron chi connectivity index (χ0n) is 6.65. The van der Waals surface area contributed by atoms with Crippen molar-refractivity contribution in [2.45, 2.75) is 34.6 Å². The van der Waals surface area contributed by atoms with E-state index in [0.717, 1.165) is 5.92 Å². The summed E-state index contributed by atoms with van der Waals surface area (Å²) >= 11 is 0. The summed E-state index contributed by atoms with van der Waals surface area (Å²) in [6.07, 6.45) is 2.25. The Morgan fingerprint density at radius 2 is 1.62 bits per heavy atom. The fourth-order valence-corrected chi connectivity index (χ4v) is 0.500. The molecule has 0 aliphatic carbocycles. The van der Waals surface area contributed by atoms with E-state index in [4.69, 9.17) is 0 Å². The molecule has 0 fully saturated rings. The van der Waals surface area contributed by atoms with Gasteiger partial charge in [-0.3, -0.25) is 0 Å². The zero-order chi connectivity index (χ0) is 6.78. The van der Waals surface area contributed by atoms with Crippen LogP contribution in [0.2, 0.25) is 0 Å². The fourth-order valence-electron chi connectivity index (χ4n) is 0.500. The monoisotopic (exact) mass is 113 g/mol. The van der Waals surface area contributed by atoms with Crippen molar-refractivity contribution in [3.8, 4) is 0 Å². The Morgan fingerprint density at radius 3 is 1.62 bits per heavy atom. The minimum Gasteiger partial charge on any atom is -0.328 e. The number of hydrogen-bond donors (Lipinski definition) is 0. The zero-order valence-corrected chi connectivity index (χ0v) is 6.65. The Bertz CT molecular complexity index is 56.9. The molecule has 0 saturated carbocycles. The maximum atomic E-state index is 2.26. The van der Waals surface area contributed by atoms with Crippen LogP contribution >= 0.6 is 0 Å². The molecule has 0 radical (unpaired) electrons. The summed E-state index contributed by atoms with van der Waals surface area (Å²) in [5, 5.41) is 0. The smallest absolute Gasteiger partial charge is 0.0624 e. The molecular weight excluding hydrogens is 96.1 g/mol. The van der Waals surface area contributed by atoms with E-state index in [1.54, 1.807) is 0 Å². The maximum absolute atomic E-state index is 2.26. The van der Waals surface area contributed by atoms with E-state index in [0.29, 0.717) is 5.41 Å². The highest BCUT2D eigenvalue weighted by atomic mass is 14.2. The van der Waals surface area contributed by atoms with Crippen LogP contribution in [-0.4, -0.2) is 0 Å². The van der Waals surface area contributed by atoms with Gasteiger partial charge in [0, 0.05) is 0 Å². The van der Waals surface area contributed by atoms with Crippen LogP contribution in [0.5, 0.6) is 0 Å². The summed E-state index contributed by atoms with van der Waals surface area (Å²) < 4.78 is 0. The molecule has 1 unspecified atom stereocenters. The Morgan fingerprint density at radius 1 is 1.25 bits per heavy atom. The lowest BCUT2D eigenvalue weighted by Gasteiger charge is -2.33. The molecule has 0 bridgehead atoms. The van der Waals surface area contributed by atoms with E-state index >= 15 is 0 Å². The second-order valence-corrected chi connectivity index (χ2v) is 3.49. The van der Waals surface area contributed by atoms with Crippen molar-refractivity contribution in [3.05, 3.63) is 6.42 Å². The first-order chi connectivity index (χ1) is 3.48. The van der Waals surface area contributed by atoms with E-state index in [-0.39, 0.29) is 0 Å². The summed E-state index contributed by atoms with van der Waals surface area (Å²) in [5.41, 5.74) is 0.453. The van der Waals surface area contributed by atoms with Crippen LogP contribution in [0.4, 0.5) is 0 Å². The lowest BCUT2D eigenvalue weighted by Crippen LogP contribution is -2.16. The van der Waals surface area contributed by atoms with Crippen LogP contribution in [0.15, 0.2) is 0 Å². The third-order valence-electron chi connectivity index (χ3n) is 1.87. The minimum absolute atomic E-state index is 0.453. The first-order valence-corrected chi connectivity index (χ1v) is 3.28. The van der Waals surface area contributed by atoms with Crippen molar-refractivity contribution < 1.29 is 0 Å². The predicted molar refractivity (Wildman–Crippen MR) is 38.6 cm³/mol. The van der Waals surface area contributed by atoms with E-state index < -0.39 is 0 Å². The summed E-state index contributed by atoms with van der Waals surface area (Å²) in [7, 11) is 0. The van der Waals surface area contributed by atoms with Crippen molar-refractivity contribution in [1.29, 1.82) is 0 Å². The average molecular weight is 113 g/mol. The molecule has 0 aliphatic rings. The standard InChI is InChI=1S/C8H17/c1-6-7(2)8(3,4)5/h6-7H,1-5H3/q-1. The van der Waals surface area contributed by atoms with Crippen molar-refractivity contribution >= 4 is 0 Å². The molecule has 8 heavy (non-hydrogen) atoms. The summed E-state index contributed by atoms with van der Waals surface area (Å²) in [6.45, 7) is 11.2. The molecule has 0 aromatic heterocycles. The third kappa shape index (κ3) is 2.34. The summed E-state index contributed by atoms with van der Waals surface area (Å²) in [4.78, 5) is 0. The maximum Gasteiger partial charge on any atom is -0.0624 e. The highest BCUT2D eigenvalue weighted by Gasteiger charge is 2.10. The SMILES string of the molecule is C[CH-]C(C)C(C)(C)C. The lowest BCUT2D eigenvalue weighted by atomic mass is 9.81. The topological polar surface area (TPSA) is 0 Å². The van der Waals surface area contributed by atoms with Crippen LogP contribution < -0.4 is 0 Å². The van der Waals surface area contributed by atoms with Gasteiger partial charge in [0.25, 0.3) is 0 Å². The Kier molecular flexibility index (Phi) is 2.52. The molecule has 0 amide bonds. The van der Waals surface area contributed by atoms with Crippen molar-refractivity contribution in [2.24, 2.45) is 11.3 Å². The van der Waals surface area contributed by atoms with Gasteiger partial charge in [0.2, 0.25) is 0 Å². The summed E-state index contributed by atoms with van der Waals surface area (Å²) in [5.74, 6) is 0.725. The largest absolute Gasteiger partial charge is 0.328 e. The van der Waals surface area contributed by atoms with Gasteiger partial charge in [-0.05, 0) is 0 Å². The molecular formula is C8H17-. The Balaban J connectivity index is 3.62. The van der Waals surface area contributed by atoms with Gasteiger partial charge in [-0.1, -0.05) is 33.1 Å². The van der Waals surface area contributed by atoms with Crippen LogP contribution in [0.1, 0.15) is 34.6 Å². The second-order valence-electron chi connectivity index (χ2n) is 3.49. The Hall–Kier alpha value is 0. The summed E-state index contributed by atoms with van der Waals surface area (Å²) in [6, 6.07) is 0. The molecule has 0 N–H and O–H groups in total. The predicted octanol–water partition coefficient (Wildman–Crippen LogP) is 2.89. The number of rotatable bonds is 1. The molecule has 0 aromatic rings.